The maximum absolute atomic E-state index is 12.0. The molecule has 19 heavy (non-hydrogen) atoms. The highest BCUT2D eigenvalue weighted by atomic mass is 35.5. The summed E-state index contributed by atoms with van der Waals surface area (Å²) in [5, 5.41) is 12.9. The zero-order chi connectivity index (χ0) is 13.4. The molecule has 2 fully saturated rings. The Bertz CT molecular complexity index is 481. The average Bonchev–Trinajstić information content (AvgIpc) is 2.95. The van der Waals surface area contributed by atoms with Gasteiger partial charge in [-0.05, 0) is 12.1 Å². The number of fused-ring (bicyclic) bond motifs is 1. The molecule has 1 aromatic rings. The van der Waals surface area contributed by atoms with Gasteiger partial charge >= 0.3 is 0 Å². The fraction of sp³-hybridized carbons (Fsp3) is 0.500. The number of nitrogens with zero attached hydrogens (tertiary/aromatic N) is 1. The molecule has 3 rings (SSSR count). The molecule has 0 saturated carbocycles. The van der Waals surface area contributed by atoms with Crippen LogP contribution in [0.3, 0.4) is 0 Å². The highest BCUT2D eigenvalue weighted by Crippen LogP contribution is 2.27. The number of aromatic nitrogens is 1. The summed E-state index contributed by atoms with van der Waals surface area (Å²) < 4.78 is 10.9. The van der Waals surface area contributed by atoms with Crippen LogP contribution in [0.25, 0.3) is 0 Å². The highest BCUT2D eigenvalue weighted by molar-refractivity contribution is 6.30. The van der Waals surface area contributed by atoms with Gasteiger partial charge in [-0.2, -0.15) is 0 Å². The Morgan fingerprint density at radius 2 is 2.16 bits per heavy atom. The van der Waals surface area contributed by atoms with E-state index in [4.69, 9.17) is 21.1 Å². The molecular formula is C12H13ClN2O4. The minimum Gasteiger partial charge on any atom is -0.388 e. The quantitative estimate of drug-likeness (QED) is 0.798. The fourth-order valence-corrected chi connectivity index (χ4v) is 2.47. The summed E-state index contributed by atoms with van der Waals surface area (Å²) in [6, 6.07) is 2.88. The third-order valence-corrected chi connectivity index (χ3v) is 3.53. The molecule has 3 heterocycles. The van der Waals surface area contributed by atoms with Crippen molar-refractivity contribution in [1.82, 2.24) is 10.3 Å². The smallest absolute Gasteiger partial charge is 0.270 e. The first-order valence-corrected chi connectivity index (χ1v) is 6.36. The number of halogens is 1. The minimum atomic E-state index is -0.624. The molecule has 2 N–H and O–H groups in total. The molecule has 2 aliphatic heterocycles. The van der Waals surface area contributed by atoms with E-state index in [9.17, 15) is 9.90 Å². The van der Waals surface area contributed by atoms with E-state index in [1.165, 1.54) is 6.20 Å². The molecule has 0 unspecified atom stereocenters. The van der Waals surface area contributed by atoms with E-state index < -0.39 is 6.10 Å². The number of aliphatic hydroxyl groups is 1. The summed E-state index contributed by atoms with van der Waals surface area (Å²) >= 11 is 5.71. The summed E-state index contributed by atoms with van der Waals surface area (Å²) in [4.78, 5) is 15.9. The van der Waals surface area contributed by atoms with Gasteiger partial charge in [0.05, 0.1) is 24.3 Å². The van der Waals surface area contributed by atoms with Gasteiger partial charge in [-0.1, -0.05) is 11.6 Å². The SMILES string of the molecule is O=C(N[C@H]1CO[C@H]2[C@@H]1OC[C@@H]2O)c1ccc(Cl)cn1. The first kappa shape index (κ1) is 12.8. The van der Waals surface area contributed by atoms with Gasteiger partial charge in [0.2, 0.25) is 0 Å². The van der Waals surface area contributed by atoms with Crippen molar-refractivity contribution < 1.29 is 19.4 Å². The van der Waals surface area contributed by atoms with Gasteiger partial charge in [0.25, 0.3) is 5.91 Å². The second-order valence-electron chi connectivity index (χ2n) is 4.60. The van der Waals surface area contributed by atoms with Gasteiger partial charge < -0.3 is 19.9 Å². The van der Waals surface area contributed by atoms with Crippen LogP contribution in [0, 0.1) is 0 Å². The maximum atomic E-state index is 12.0. The van der Waals surface area contributed by atoms with E-state index in [-0.39, 0.29) is 36.5 Å². The van der Waals surface area contributed by atoms with Gasteiger partial charge in [-0.25, -0.2) is 4.98 Å². The first-order chi connectivity index (χ1) is 9.15. The van der Waals surface area contributed by atoms with Gasteiger partial charge in [0.1, 0.15) is 24.0 Å². The first-order valence-electron chi connectivity index (χ1n) is 5.99. The number of amides is 1. The van der Waals surface area contributed by atoms with Crippen molar-refractivity contribution in [2.45, 2.75) is 24.4 Å². The summed E-state index contributed by atoms with van der Waals surface area (Å²) in [6.07, 6.45) is 0.135. The molecule has 4 atom stereocenters. The molecule has 0 bridgehead atoms. The molecular weight excluding hydrogens is 272 g/mol. The van der Waals surface area contributed by atoms with Crippen molar-refractivity contribution in [3.05, 3.63) is 29.0 Å². The van der Waals surface area contributed by atoms with E-state index in [1.807, 2.05) is 0 Å². The zero-order valence-corrected chi connectivity index (χ0v) is 10.7. The third-order valence-electron chi connectivity index (χ3n) is 3.30. The van der Waals surface area contributed by atoms with Crippen molar-refractivity contribution >= 4 is 17.5 Å². The normalized spacial score (nSPS) is 33.2. The summed E-state index contributed by atoms with van der Waals surface area (Å²) in [7, 11) is 0. The third kappa shape index (κ3) is 2.44. The fourth-order valence-electron chi connectivity index (χ4n) is 2.36. The van der Waals surface area contributed by atoms with Gasteiger partial charge in [0.15, 0.2) is 0 Å². The predicted molar refractivity (Wildman–Crippen MR) is 66.0 cm³/mol. The predicted octanol–water partition coefficient (Wildman–Crippen LogP) is -0.00810. The Kier molecular flexibility index (Phi) is 3.40. The number of nitrogens with one attached hydrogen (secondary N) is 1. The van der Waals surface area contributed by atoms with E-state index in [2.05, 4.69) is 10.3 Å². The van der Waals surface area contributed by atoms with E-state index >= 15 is 0 Å². The standard InChI is InChI=1S/C12H13ClN2O4/c13-6-1-2-7(14-3-6)12(17)15-8-4-18-11-9(16)5-19-10(8)11/h1-3,8-11,16H,4-5H2,(H,15,17)/t8-,9-,10+,11+/m0/s1. The lowest BCUT2D eigenvalue weighted by Gasteiger charge is -2.17. The number of pyridine rings is 1. The molecule has 2 aliphatic rings. The number of hydrogen-bond acceptors (Lipinski definition) is 5. The van der Waals surface area contributed by atoms with Crippen LogP contribution in [0.5, 0.6) is 0 Å². The number of rotatable bonds is 2. The minimum absolute atomic E-state index is 0.237. The van der Waals surface area contributed by atoms with Crippen LogP contribution < -0.4 is 5.32 Å². The monoisotopic (exact) mass is 284 g/mol. The summed E-state index contributed by atoms with van der Waals surface area (Å²) in [5.41, 5.74) is 0.284. The van der Waals surface area contributed by atoms with Crippen molar-refractivity contribution in [1.29, 1.82) is 0 Å². The lowest BCUT2D eigenvalue weighted by molar-refractivity contribution is 0.0178. The Balaban J connectivity index is 1.66. The van der Waals surface area contributed by atoms with Crippen LogP contribution in [0.4, 0.5) is 0 Å². The largest absolute Gasteiger partial charge is 0.388 e. The van der Waals surface area contributed by atoms with E-state index in [1.54, 1.807) is 12.1 Å². The number of ether oxygens (including phenoxy) is 2. The molecule has 1 amide bonds. The molecule has 0 radical (unpaired) electrons. The lowest BCUT2D eigenvalue weighted by atomic mass is 10.1. The molecule has 7 heteroatoms. The molecule has 2 saturated heterocycles. The number of carbonyl (C=O) groups is 1. The topological polar surface area (TPSA) is 80.7 Å². The van der Waals surface area contributed by atoms with E-state index in [0.717, 1.165) is 0 Å². The van der Waals surface area contributed by atoms with Gasteiger partial charge in [-0.15, -0.1) is 0 Å². The van der Waals surface area contributed by atoms with Crippen molar-refractivity contribution in [3.63, 3.8) is 0 Å². The Hall–Kier alpha value is -1.21. The van der Waals surface area contributed by atoms with Crippen molar-refractivity contribution in [2.24, 2.45) is 0 Å². The van der Waals surface area contributed by atoms with Crippen LogP contribution >= 0.6 is 11.6 Å². The highest BCUT2D eigenvalue weighted by Gasteiger charge is 2.47. The van der Waals surface area contributed by atoms with Crippen molar-refractivity contribution in [3.8, 4) is 0 Å². The van der Waals surface area contributed by atoms with Crippen LogP contribution in [0.1, 0.15) is 10.5 Å². The molecule has 6 nitrogen and oxygen atoms in total. The second kappa shape index (κ2) is 5.05. The van der Waals surface area contributed by atoms with Crippen LogP contribution in [-0.4, -0.2) is 53.6 Å². The second-order valence-corrected chi connectivity index (χ2v) is 5.04. The summed E-state index contributed by atoms with van der Waals surface area (Å²) in [6.45, 7) is 0.562. The maximum Gasteiger partial charge on any atom is 0.270 e. The molecule has 0 spiro atoms. The average molecular weight is 285 g/mol. The molecule has 0 aromatic carbocycles. The van der Waals surface area contributed by atoms with Crippen LogP contribution in [0.15, 0.2) is 18.3 Å². The molecule has 0 aliphatic carbocycles. The van der Waals surface area contributed by atoms with Gasteiger partial charge in [-0.3, -0.25) is 4.79 Å². The van der Waals surface area contributed by atoms with E-state index in [0.29, 0.717) is 11.6 Å². The molecule has 102 valence electrons. The Morgan fingerprint density at radius 3 is 2.89 bits per heavy atom. The summed E-state index contributed by atoms with van der Waals surface area (Å²) in [5.74, 6) is -0.309. The Labute approximate surface area is 114 Å². The van der Waals surface area contributed by atoms with Gasteiger partial charge in [0, 0.05) is 6.20 Å². The number of aliphatic hydroxyl groups excluding tert-OH is 1. The van der Waals surface area contributed by atoms with Crippen molar-refractivity contribution in [2.75, 3.05) is 13.2 Å². The number of carbonyl (C=O) groups excluding carboxylic acids is 1. The number of hydrogen-bond donors (Lipinski definition) is 2. The molecule has 1 aromatic heterocycles. The van der Waals surface area contributed by atoms with Crippen LogP contribution in [0.2, 0.25) is 5.02 Å². The zero-order valence-electron chi connectivity index (χ0n) is 9.95. The Morgan fingerprint density at radius 1 is 1.37 bits per heavy atom. The van der Waals surface area contributed by atoms with Crippen LogP contribution in [-0.2, 0) is 9.47 Å². The lowest BCUT2D eigenvalue weighted by Crippen LogP contribution is -2.44.